The maximum Gasteiger partial charge on any atom is 0.258 e. The molecule has 1 aromatic heterocycles. The van der Waals surface area contributed by atoms with Gasteiger partial charge < -0.3 is 4.90 Å². The number of carbonyl (C=O) groups is 1. The van der Waals surface area contributed by atoms with E-state index in [9.17, 15) is 13.2 Å². The molecule has 1 saturated heterocycles. The molecule has 0 radical (unpaired) electrons. The lowest BCUT2D eigenvalue weighted by atomic mass is 10.1. The van der Waals surface area contributed by atoms with Crippen molar-refractivity contribution < 1.29 is 13.2 Å². The van der Waals surface area contributed by atoms with Crippen LogP contribution in [0.3, 0.4) is 0 Å². The summed E-state index contributed by atoms with van der Waals surface area (Å²) in [6.07, 6.45) is 5.19. The Morgan fingerprint density at radius 2 is 1.92 bits per heavy atom. The molecule has 9 heteroatoms. The third kappa shape index (κ3) is 3.85. The molecule has 7 nitrogen and oxygen atoms in total. The molecule has 2 aliphatic rings. The van der Waals surface area contributed by atoms with E-state index in [0.717, 1.165) is 25.7 Å². The van der Waals surface area contributed by atoms with Gasteiger partial charge in [0.2, 0.25) is 10.0 Å². The highest BCUT2D eigenvalue weighted by Crippen LogP contribution is 2.25. The van der Waals surface area contributed by atoms with Crippen molar-refractivity contribution >= 4 is 27.5 Å². The fourth-order valence-corrected chi connectivity index (χ4v) is 5.78. The second-order valence-corrected chi connectivity index (χ2v) is 9.38. The summed E-state index contributed by atoms with van der Waals surface area (Å²) in [5.74, 6) is -0.239. The van der Waals surface area contributed by atoms with Crippen molar-refractivity contribution in [2.75, 3.05) is 13.1 Å². The molecule has 0 spiro atoms. The number of nitrogens with zero attached hydrogens (tertiary/aromatic N) is 3. The molecular formula is C16H25ClN4O3S. The van der Waals surface area contributed by atoms with Gasteiger partial charge in [-0.3, -0.25) is 9.48 Å². The van der Waals surface area contributed by atoms with Crippen LogP contribution in [0.1, 0.15) is 54.6 Å². The standard InChI is InChI=1S/C16H25ClN4O3S/c1-11-14(15(17)20(2)18-11)16(22)21-9-5-8-13(10-21)25(23,24)19-12-6-3-4-7-12/h12-13,19H,3-10H2,1-2H3/t13-/m0/s1. The minimum absolute atomic E-state index is 0.0473. The van der Waals surface area contributed by atoms with Crippen LogP contribution in [0.15, 0.2) is 0 Å². The molecule has 1 aromatic rings. The van der Waals surface area contributed by atoms with Crippen LogP contribution in [-0.4, -0.2) is 53.4 Å². The van der Waals surface area contributed by atoms with Crippen molar-refractivity contribution in [3.63, 3.8) is 0 Å². The number of amides is 1. The van der Waals surface area contributed by atoms with Crippen LogP contribution < -0.4 is 4.72 Å². The smallest absolute Gasteiger partial charge is 0.258 e. The summed E-state index contributed by atoms with van der Waals surface area (Å²) in [6, 6.07) is 0.0473. The summed E-state index contributed by atoms with van der Waals surface area (Å²) in [5.41, 5.74) is 0.928. The molecule has 0 unspecified atom stereocenters. The molecule has 3 rings (SSSR count). The van der Waals surface area contributed by atoms with Crippen LogP contribution in [-0.2, 0) is 17.1 Å². The van der Waals surface area contributed by atoms with Gasteiger partial charge >= 0.3 is 0 Å². The highest BCUT2D eigenvalue weighted by atomic mass is 35.5. The Hall–Kier alpha value is -1.12. The van der Waals surface area contributed by atoms with E-state index in [-0.39, 0.29) is 23.6 Å². The number of aryl methyl sites for hydroxylation is 2. The van der Waals surface area contributed by atoms with Gasteiger partial charge in [-0.25, -0.2) is 13.1 Å². The van der Waals surface area contributed by atoms with Gasteiger partial charge in [-0.15, -0.1) is 0 Å². The normalized spacial score (nSPS) is 22.5. The van der Waals surface area contributed by atoms with Gasteiger partial charge in [0.1, 0.15) is 5.15 Å². The maximum atomic E-state index is 12.8. The van der Waals surface area contributed by atoms with Crippen molar-refractivity contribution in [2.45, 2.75) is 56.7 Å². The summed E-state index contributed by atoms with van der Waals surface area (Å²) < 4.78 is 29.7. The second-order valence-electron chi connectivity index (χ2n) is 7.03. The summed E-state index contributed by atoms with van der Waals surface area (Å²) in [5, 5.41) is 3.89. The first-order valence-electron chi connectivity index (χ1n) is 8.79. The second kappa shape index (κ2) is 7.25. The highest BCUT2D eigenvalue weighted by Gasteiger charge is 2.36. The molecule has 1 aliphatic carbocycles. The number of carbonyl (C=O) groups excluding carboxylic acids is 1. The van der Waals surface area contributed by atoms with E-state index < -0.39 is 15.3 Å². The zero-order valence-electron chi connectivity index (χ0n) is 14.7. The number of sulfonamides is 1. The SMILES string of the molecule is Cc1nn(C)c(Cl)c1C(=O)N1CCC[C@H](S(=O)(=O)NC2CCCC2)C1. The van der Waals surface area contributed by atoms with Gasteiger partial charge in [0.25, 0.3) is 5.91 Å². The third-order valence-corrected chi connectivity index (χ3v) is 7.51. The van der Waals surface area contributed by atoms with Gasteiger partial charge in [0.05, 0.1) is 16.5 Å². The number of nitrogens with one attached hydrogen (secondary N) is 1. The van der Waals surface area contributed by atoms with Crippen molar-refractivity contribution in [2.24, 2.45) is 7.05 Å². The van der Waals surface area contributed by atoms with Crippen molar-refractivity contribution in [3.05, 3.63) is 16.4 Å². The topological polar surface area (TPSA) is 84.3 Å². The average molecular weight is 389 g/mol. The Balaban J connectivity index is 1.73. The predicted molar refractivity (Wildman–Crippen MR) is 96.2 cm³/mol. The van der Waals surface area contributed by atoms with Crippen LogP contribution in [0.5, 0.6) is 0 Å². The number of likely N-dealkylation sites (tertiary alicyclic amines) is 1. The van der Waals surface area contributed by atoms with Crippen molar-refractivity contribution in [3.8, 4) is 0 Å². The Labute approximate surface area is 153 Å². The lowest BCUT2D eigenvalue weighted by molar-refractivity contribution is 0.0726. The first-order chi connectivity index (χ1) is 11.8. The molecule has 25 heavy (non-hydrogen) atoms. The molecule has 1 atom stereocenters. The molecule has 1 N–H and O–H groups in total. The minimum atomic E-state index is -3.43. The first kappa shape index (κ1) is 18.7. The zero-order valence-corrected chi connectivity index (χ0v) is 16.2. The molecule has 2 heterocycles. The summed E-state index contributed by atoms with van der Waals surface area (Å²) >= 11 is 6.19. The lowest BCUT2D eigenvalue weighted by Gasteiger charge is -2.33. The van der Waals surface area contributed by atoms with Gasteiger partial charge in [-0.05, 0) is 32.6 Å². The quantitative estimate of drug-likeness (QED) is 0.853. The zero-order chi connectivity index (χ0) is 18.2. The van der Waals surface area contributed by atoms with E-state index in [1.807, 2.05) is 0 Å². The fraction of sp³-hybridized carbons (Fsp3) is 0.750. The number of halogens is 1. The fourth-order valence-electron chi connectivity index (χ4n) is 3.78. The first-order valence-corrected chi connectivity index (χ1v) is 10.7. The molecule has 1 aliphatic heterocycles. The average Bonchev–Trinajstić information content (AvgIpc) is 3.15. The van der Waals surface area contributed by atoms with E-state index in [1.54, 1.807) is 18.9 Å². The molecule has 1 amide bonds. The number of piperidine rings is 1. The Morgan fingerprint density at radius 1 is 1.24 bits per heavy atom. The lowest BCUT2D eigenvalue weighted by Crippen LogP contribution is -2.50. The molecule has 0 bridgehead atoms. The van der Waals surface area contributed by atoms with Gasteiger partial charge in [-0.1, -0.05) is 24.4 Å². The van der Waals surface area contributed by atoms with Crippen LogP contribution in [0.4, 0.5) is 0 Å². The van der Waals surface area contributed by atoms with Gasteiger partial charge in [-0.2, -0.15) is 5.10 Å². The molecular weight excluding hydrogens is 364 g/mol. The maximum absolute atomic E-state index is 12.8. The number of hydrogen-bond donors (Lipinski definition) is 1. The molecule has 0 aromatic carbocycles. The summed E-state index contributed by atoms with van der Waals surface area (Å²) in [7, 11) is -1.75. The largest absolute Gasteiger partial charge is 0.337 e. The Bertz CT molecular complexity index is 756. The monoisotopic (exact) mass is 388 g/mol. The van der Waals surface area contributed by atoms with Crippen LogP contribution >= 0.6 is 11.6 Å². The predicted octanol–water partition coefficient (Wildman–Crippen LogP) is 1.85. The Kier molecular flexibility index (Phi) is 5.41. The van der Waals surface area contributed by atoms with E-state index >= 15 is 0 Å². The molecule has 140 valence electrons. The summed E-state index contributed by atoms with van der Waals surface area (Å²) in [6.45, 7) is 2.48. The van der Waals surface area contributed by atoms with E-state index in [4.69, 9.17) is 11.6 Å². The van der Waals surface area contributed by atoms with Crippen molar-refractivity contribution in [1.82, 2.24) is 19.4 Å². The number of aromatic nitrogens is 2. The van der Waals surface area contributed by atoms with Crippen molar-refractivity contribution in [1.29, 1.82) is 0 Å². The number of hydrogen-bond acceptors (Lipinski definition) is 4. The van der Waals surface area contributed by atoms with E-state index in [1.165, 1.54) is 4.68 Å². The van der Waals surface area contributed by atoms with Gasteiger partial charge in [0.15, 0.2) is 0 Å². The van der Waals surface area contributed by atoms with Crippen LogP contribution in [0, 0.1) is 6.92 Å². The highest BCUT2D eigenvalue weighted by molar-refractivity contribution is 7.90. The molecule has 1 saturated carbocycles. The minimum Gasteiger partial charge on any atom is -0.337 e. The van der Waals surface area contributed by atoms with Gasteiger partial charge in [0, 0.05) is 26.2 Å². The Morgan fingerprint density at radius 3 is 2.52 bits per heavy atom. The van der Waals surface area contributed by atoms with E-state index in [2.05, 4.69) is 9.82 Å². The van der Waals surface area contributed by atoms with E-state index in [0.29, 0.717) is 30.6 Å². The summed E-state index contributed by atoms with van der Waals surface area (Å²) in [4.78, 5) is 14.4. The third-order valence-electron chi connectivity index (χ3n) is 5.16. The number of rotatable bonds is 4. The van der Waals surface area contributed by atoms with Crippen LogP contribution in [0.2, 0.25) is 5.15 Å². The molecule has 2 fully saturated rings. The van der Waals surface area contributed by atoms with Crippen LogP contribution in [0.25, 0.3) is 0 Å².